The molecule has 4 N–H and O–H groups in total. The molecule has 4 nitrogen and oxygen atoms in total. The molecule has 0 aliphatic heterocycles. The molecular formula is C7H14O4. The van der Waals surface area contributed by atoms with Gasteiger partial charge in [0.05, 0.1) is 17.8 Å². The lowest BCUT2D eigenvalue weighted by Gasteiger charge is -2.44. The molecule has 0 aromatic rings. The van der Waals surface area contributed by atoms with Crippen LogP contribution in [0.5, 0.6) is 0 Å². The molecule has 0 radical (unpaired) electrons. The van der Waals surface area contributed by atoms with Crippen LogP contribution in [0.15, 0.2) is 0 Å². The summed E-state index contributed by atoms with van der Waals surface area (Å²) in [4.78, 5) is 0. The van der Waals surface area contributed by atoms with Gasteiger partial charge in [-0.25, -0.2) is 0 Å². The van der Waals surface area contributed by atoms with Gasteiger partial charge >= 0.3 is 0 Å². The average Bonchev–Trinajstić information content (AvgIpc) is 1.83. The number of hydrogen-bond donors (Lipinski definition) is 4. The number of rotatable bonds is 2. The van der Waals surface area contributed by atoms with Crippen molar-refractivity contribution in [1.82, 2.24) is 0 Å². The van der Waals surface area contributed by atoms with Crippen molar-refractivity contribution < 1.29 is 20.4 Å². The molecule has 1 saturated carbocycles. The van der Waals surface area contributed by atoms with Gasteiger partial charge in [0.1, 0.15) is 6.10 Å². The molecule has 1 aliphatic carbocycles. The van der Waals surface area contributed by atoms with Crippen molar-refractivity contribution in [3.8, 4) is 0 Å². The Morgan fingerprint density at radius 3 is 2.09 bits per heavy atom. The lowest BCUT2D eigenvalue weighted by Crippen LogP contribution is -2.58. The van der Waals surface area contributed by atoms with E-state index in [4.69, 9.17) is 10.2 Å². The van der Waals surface area contributed by atoms with Crippen LogP contribution < -0.4 is 0 Å². The Balaban J connectivity index is 2.47. The molecule has 2 unspecified atom stereocenters. The lowest BCUT2D eigenvalue weighted by atomic mass is 9.72. The number of hydrogen-bond acceptors (Lipinski definition) is 4. The van der Waals surface area contributed by atoms with E-state index >= 15 is 0 Å². The highest BCUT2D eigenvalue weighted by molar-refractivity contribution is 5.00. The second-order valence-corrected chi connectivity index (χ2v) is 3.35. The predicted molar refractivity (Wildman–Crippen MR) is 37.9 cm³/mol. The quantitative estimate of drug-likeness (QED) is 0.403. The SMILES string of the molecule is CC(O)C(O)C1(O)CC(O)C1. The minimum Gasteiger partial charge on any atom is -0.393 e. The molecule has 0 spiro atoms. The van der Waals surface area contributed by atoms with Crippen LogP contribution in [0.2, 0.25) is 0 Å². The Morgan fingerprint density at radius 1 is 1.36 bits per heavy atom. The van der Waals surface area contributed by atoms with Gasteiger partial charge in [-0.05, 0) is 6.92 Å². The van der Waals surface area contributed by atoms with E-state index in [1.54, 1.807) is 0 Å². The van der Waals surface area contributed by atoms with Crippen molar-refractivity contribution in [3.05, 3.63) is 0 Å². The van der Waals surface area contributed by atoms with Crippen molar-refractivity contribution in [3.63, 3.8) is 0 Å². The highest BCUT2D eigenvalue weighted by Crippen LogP contribution is 2.36. The van der Waals surface area contributed by atoms with Crippen LogP contribution in [0, 0.1) is 0 Å². The zero-order chi connectivity index (χ0) is 8.65. The van der Waals surface area contributed by atoms with Crippen LogP contribution in [-0.4, -0.2) is 44.3 Å². The van der Waals surface area contributed by atoms with Crippen LogP contribution in [0.3, 0.4) is 0 Å². The summed E-state index contributed by atoms with van der Waals surface area (Å²) in [5, 5.41) is 36.4. The van der Waals surface area contributed by atoms with Crippen molar-refractivity contribution in [1.29, 1.82) is 0 Å². The second-order valence-electron chi connectivity index (χ2n) is 3.35. The fourth-order valence-corrected chi connectivity index (χ4v) is 1.45. The van der Waals surface area contributed by atoms with Gasteiger partial charge in [0, 0.05) is 12.8 Å². The van der Waals surface area contributed by atoms with Gasteiger partial charge in [0.2, 0.25) is 0 Å². The number of aliphatic hydroxyl groups is 4. The van der Waals surface area contributed by atoms with E-state index in [9.17, 15) is 10.2 Å². The maximum absolute atomic E-state index is 9.45. The van der Waals surface area contributed by atoms with Gasteiger partial charge in [-0.1, -0.05) is 0 Å². The van der Waals surface area contributed by atoms with Gasteiger partial charge in [0.25, 0.3) is 0 Å². The standard InChI is InChI=1S/C7H14O4/c1-4(8)6(10)7(11)2-5(9)3-7/h4-6,8-11H,2-3H2,1H3. The molecule has 2 atom stereocenters. The molecule has 0 aromatic carbocycles. The molecule has 0 bridgehead atoms. The highest BCUT2D eigenvalue weighted by atomic mass is 16.4. The first kappa shape index (κ1) is 8.93. The summed E-state index contributed by atoms with van der Waals surface area (Å²) < 4.78 is 0. The summed E-state index contributed by atoms with van der Waals surface area (Å²) in [6.07, 6.45) is -2.33. The Hall–Kier alpha value is -0.160. The van der Waals surface area contributed by atoms with Gasteiger partial charge in [-0.2, -0.15) is 0 Å². The molecule has 1 fully saturated rings. The summed E-state index contributed by atoms with van der Waals surface area (Å²) in [5.41, 5.74) is -1.27. The average molecular weight is 162 g/mol. The highest BCUT2D eigenvalue weighted by Gasteiger charge is 2.48. The van der Waals surface area contributed by atoms with Gasteiger partial charge in [-0.3, -0.25) is 0 Å². The van der Waals surface area contributed by atoms with Gasteiger partial charge in [0.15, 0.2) is 0 Å². The zero-order valence-electron chi connectivity index (χ0n) is 6.44. The van der Waals surface area contributed by atoms with E-state index in [0.717, 1.165) is 0 Å². The second kappa shape index (κ2) is 2.71. The van der Waals surface area contributed by atoms with E-state index in [2.05, 4.69) is 0 Å². The Kier molecular flexibility index (Phi) is 2.20. The molecule has 0 heterocycles. The maximum Gasteiger partial charge on any atom is 0.108 e. The summed E-state index contributed by atoms with van der Waals surface area (Å²) in [5.74, 6) is 0. The first-order valence-corrected chi connectivity index (χ1v) is 3.72. The topological polar surface area (TPSA) is 80.9 Å². The summed E-state index contributed by atoms with van der Waals surface area (Å²) in [6.45, 7) is 1.41. The molecule has 0 amide bonds. The molecular weight excluding hydrogens is 148 g/mol. The van der Waals surface area contributed by atoms with E-state index in [0.29, 0.717) is 0 Å². The van der Waals surface area contributed by atoms with E-state index in [1.807, 2.05) is 0 Å². The van der Waals surface area contributed by atoms with Crippen LogP contribution in [0.25, 0.3) is 0 Å². The van der Waals surface area contributed by atoms with Crippen molar-refractivity contribution in [2.24, 2.45) is 0 Å². The summed E-state index contributed by atoms with van der Waals surface area (Å²) in [6, 6.07) is 0. The largest absolute Gasteiger partial charge is 0.393 e. The molecule has 0 aromatic heterocycles. The van der Waals surface area contributed by atoms with Crippen LogP contribution in [0.4, 0.5) is 0 Å². The Morgan fingerprint density at radius 2 is 1.82 bits per heavy atom. The first-order chi connectivity index (χ1) is 4.96. The van der Waals surface area contributed by atoms with E-state index < -0.39 is 23.9 Å². The first-order valence-electron chi connectivity index (χ1n) is 3.72. The van der Waals surface area contributed by atoms with Gasteiger partial charge < -0.3 is 20.4 Å². The smallest absolute Gasteiger partial charge is 0.108 e. The third-order valence-corrected chi connectivity index (χ3v) is 2.19. The molecule has 66 valence electrons. The third kappa shape index (κ3) is 1.54. The molecule has 0 saturated heterocycles. The maximum atomic E-state index is 9.45. The molecule has 11 heavy (non-hydrogen) atoms. The predicted octanol–water partition coefficient (Wildman–Crippen LogP) is -1.39. The summed E-state index contributed by atoms with van der Waals surface area (Å²) >= 11 is 0. The fraction of sp³-hybridized carbons (Fsp3) is 1.00. The van der Waals surface area contributed by atoms with Crippen LogP contribution >= 0.6 is 0 Å². The molecule has 1 rings (SSSR count). The minimum absolute atomic E-state index is 0.152. The Bertz CT molecular complexity index is 139. The summed E-state index contributed by atoms with van der Waals surface area (Å²) in [7, 11) is 0. The molecule has 4 heteroatoms. The minimum atomic E-state index is -1.27. The Labute approximate surface area is 65.1 Å². The fourth-order valence-electron chi connectivity index (χ4n) is 1.45. The zero-order valence-corrected chi connectivity index (χ0v) is 6.44. The molecule has 1 aliphatic rings. The van der Waals surface area contributed by atoms with Crippen LogP contribution in [0.1, 0.15) is 19.8 Å². The van der Waals surface area contributed by atoms with Crippen LogP contribution in [-0.2, 0) is 0 Å². The monoisotopic (exact) mass is 162 g/mol. The number of aliphatic hydroxyl groups excluding tert-OH is 3. The third-order valence-electron chi connectivity index (χ3n) is 2.19. The van der Waals surface area contributed by atoms with Crippen molar-refractivity contribution in [2.75, 3.05) is 0 Å². The lowest BCUT2D eigenvalue weighted by molar-refractivity contribution is -0.197. The van der Waals surface area contributed by atoms with E-state index in [1.165, 1.54) is 6.92 Å². The van der Waals surface area contributed by atoms with Gasteiger partial charge in [-0.15, -0.1) is 0 Å². The normalized spacial score (nSPS) is 42.8. The van der Waals surface area contributed by atoms with E-state index in [-0.39, 0.29) is 12.8 Å². The van der Waals surface area contributed by atoms with Crippen molar-refractivity contribution in [2.45, 2.75) is 43.7 Å². The van der Waals surface area contributed by atoms with Crippen molar-refractivity contribution >= 4 is 0 Å².